The van der Waals surface area contributed by atoms with Crippen LogP contribution in [0.2, 0.25) is 0 Å². The Labute approximate surface area is 114 Å². The minimum Gasteiger partial charge on any atom is -0.349 e. The molecule has 1 amide bonds. The third-order valence-corrected chi connectivity index (χ3v) is 2.62. The van der Waals surface area contributed by atoms with Crippen LogP contribution in [0.1, 0.15) is 12.6 Å². The first-order valence-electron chi connectivity index (χ1n) is 6.04. The molecular weight excluding hydrogens is 264 g/mol. The molecule has 20 heavy (non-hydrogen) atoms. The second kappa shape index (κ2) is 5.95. The van der Waals surface area contributed by atoms with Crippen molar-refractivity contribution < 1.29 is 9.72 Å². The summed E-state index contributed by atoms with van der Waals surface area (Å²) in [7, 11) is 0. The summed E-state index contributed by atoms with van der Waals surface area (Å²) in [6.07, 6.45) is 4.15. The highest BCUT2D eigenvalue weighted by molar-refractivity contribution is 5.75. The van der Waals surface area contributed by atoms with Gasteiger partial charge in [-0.15, -0.1) is 0 Å². The number of nitro groups is 1. The van der Waals surface area contributed by atoms with Gasteiger partial charge in [-0.1, -0.05) is 0 Å². The first-order chi connectivity index (χ1) is 9.58. The summed E-state index contributed by atoms with van der Waals surface area (Å²) in [6.45, 7) is 2.99. The van der Waals surface area contributed by atoms with Crippen molar-refractivity contribution in [3.05, 3.63) is 40.5 Å². The van der Waals surface area contributed by atoms with E-state index in [2.05, 4.69) is 15.5 Å². The highest BCUT2D eigenvalue weighted by atomic mass is 16.6. The van der Waals surface area contributed by atoms with Crippen molar-refractivity contribution in [2.75, 3.05) is 0 Å². The van der Waals surface area contributed by atoms with Crippen molar-refractivity contribution in [1.82, 2.24) is 24.9 Å². The van der Waals surface area contributed by atoms with E-state index in [9.17, 15) is 14.9 Å². The molecule has 0 aliphatic heterocycles. The molecule has 1 N–H and O–H groups in total. The Morgan fingerprint density at radius 2 is 2.30 bits per heavy atom. The highest BCUT2D eigenvalue weighted by Gasteiger charge is 2.11. The van der Waals surface area contributed by atoms with Crippen LogP contribution >= 0.6 is 0 Å². The number of amides is 1. The fourth-order valence-corrected chi connectivity index (χ4v) is 1.60. The number of rotatable bonds is 6. The third kappa shape index (κ3) is 3.40. The molecule has 0 aliphatic rings. The van der Waals surface area contributed by atoms with Crippen LogP contribution < -0.4 is 5.32 Å². The van der Waals surface area contributed by atoms with Gasteiger partial charge in [0.1, 0.15) is 18.9 Å². The molecule has 0 saturated carbocycles. The Morgan fingerprint density at radius 3 is 2.90 bits per heavy atom. The lowest BCUT2D eigenvalue weighted by molar-refractivity contribution is -0.385. The molecule has 0 atom stereocenters. The zero-order valence-electron chi connectivity index (χ0n) is 10.9. The molecule has 0 radical (unpaired) electrons. The van der Waals surface area contributed by atoms with Gasteiger partial charge >= 0.3 is 5.69 Å². The maximum Gasteiger partial charge on any atom is 0.307 e. The molecule has 0 aliphatic carbocycles. The molecule has 0 unspecified atom stereocenters. The molecule has 0 saturated heterocycles. The fourth-order valence-electron chi connectivity index (χ4n) is 1.60. The van der Waals surface area contributed by atoms with Crippen LogP contribution in [0.3, 0.4) is 0 Å². The van der Waals surface area contributed by atoms with Crippen LogP contribution in [0.25, 0.3) is 0 Å². The van der Waals surface area contributed by atoms with Gasteiger partial charge in [-0.25, -0.2) is 0 Å². The number of carbonyl (C=O) groups is 1. The Hall–Kier alpha value is -2.71. The second-order valence-electron chi connectivity index (χ2n) is 4.09. The molecule has 0 spiro atoms. The van der Waals surface area contributed by atoms with E-state index in [-0.39, 0.29) is 18.1 Å². The van der Waals surface area contributed by atoms with Gasteiger partial charge in [0.25, 0.3) is 0 Å². The Bertz CT molecular complexity index is 617. The first-order valence-corrected chi connectivity index (χ1v) is 6.04. The number of hydrogen-bond donors (Lipinski definition) is 1. The average Bonchev–Trinajstić information content (AvgIpc) is 3.04. The summed E-state index contributed by atoms with van der Waals surface area (Å²) in [6, 6.07) is 1.82. The van der Waals surface area contributed by atoms with E-state index in [4.69, 9.17) is 0 Å². The molecule has 2 aromatic rings. The molecular formula is C11H14N6O3. The first kappa shape index (κ1) is 13.7. The molecule has 2 aromatic heterocycles. The van der Waals surface area contributed by atoms with Crippen LogP contribution in [0.15, 0.2) is 24.7 Å². The van der Waals surface area contributed by atoms with Gasteiger partial charge in [0.2, 0.25) is 5.91 Å². The lowest BCUT2D eigenvalue weighted by Gasteiger charge is -2.03. The van der Waals surface area contributed by atoms with Crippen LogP contribution in [0, 0.1) is 10.1 Å². The zero-order valence-corrected chi connectivity index (χ0v) is 10.9. The average molecular weight is 278 g/mol. The van der Waals surface area contributed by atoms with E-state index >= 15 is 0 Å². The van der Waals surface area contributed by atoms with E-state index in [0.29, 0.717) is 6.54 Å². The van der Waals surface area contributed by atoms with Gasteiger partial charge < -0.3 is 5.32 Å². The minimum absolute atomic E-state index is 0.0671. The normalized spacial score (nSPS) is 10.4. The maximum absolute atomic E-state index is 11.7. The molecule has 0 aromatic carbocycles. The van der Waals surface area contributed by atoms with E-state index in [1.165, 1.54) is 10.9 Å². The smallest absolute Gasteiger partial charge is 0.307 e. The van der Waals surface area contributed by atoms with Crippen molar-refractivity contribution in [1.29, 1.82) is 0 Å². The minimum atomic E-state index is -0.557. The van der Waals surface area contributed by atoms with Crippen LogP contribution in [-0.4, -0.2) is 30.4 Å². The third-order valence-electron chi connectivity index (χ3n) is 2.62. The van der Waals surface area contributed by atoms with Gasteiger partial charge in [-0.2, -0.15) is 10.2 Å². The highest BCUT2D eigenvalue weighted by Crippen LogP contribution is 2.07. The Balaban J connectivity index is 1.84. The summed E-state index contributed by atoms with van der Waals surface area (Å²) in [5.41, 5.74) is 0.617. The summed E-state index contributed by atoms with van der Waals surface area (Å²) in [5, 5.41) is 21.1. The van der Waals surface area contributed by atoms with Gasteiger partial charge in [0.15, 0.2) is 0 Å². The van der Waals surface area contributed by atoms with Crippen LogP contribution in [-0.2, 0) is 24.4 Å². The lowest BCUT2D eigenvalue weighted by atomic mass is 10.4. The molecule has 9 nitrogen and oxygen atoms in total. The van der Waals surface area contributed by atoms with E-state index in [0.717, 1.165) is 18.4 Å². The summed E-state index contributed by atoms with van der Waals surface area (Å²) in [5.74, 6) is -0.283. The van der Waals surface area contributed by atoms with Crippen molar-refractivity contribution in [3.63, 3.8) is 0 Å². The topological polar surface area (TPSA) is 108 Å². The predicted octanol–water partition coefficient (Wildman–Crippen LogP) is 0.324. The number of carbonyl (C=O) groups excluding carboxylic acids is 1. The van der Waals surface area contributed by atoms with Gasteiger partial charge in [0.05, 0.1) is 17.2 Å². The summed E-state index contributed by atoms with van der Waals surface area (Å²) < 4.78 is 2.98. The maximum atomic E-state index is 11.7. The number of hydrogen-bond acceptors (Lipinski definition) is 5. The number of nitrogens with one attached hydrogen (secondary N) is 1. The monoisotopic (exact) mass is 278 g/mol. The summed E-state index contributed by atoms with van der Waals surface area (Å²) >= 11 is 0. The molecule has 9 heteroatoms. The largest absolute Gasteiger partial charge is 0.349 e. The standard InChI is InChI=1S/C11H14N6O3/c1-2-15-4-3-9(14-15)5-12-11(18)8-16-7-10(6-13-16)17(19)20/h3-4,6-7H,2,5,8H2,1H3,(H,12,18). The molecule has 0 bridgehead atoms. The fraction of sp³-hybridized carbons (Fsp3) is 0.364. The van der Waals surface area contributed by atoms with Crippen molar-refractivity contribution in [2.45, 2.75) is 26.6 Å². The van der Waals surface area contributed by atoms with E-state index < -0.39 is 4.92 Å². The van der Waals surface area contributed by atoms with Gasteiger partial charge in [-0.05, 0) is 13.0 Å². The van der Waals surface area contributed by atoms with Gasteiger partial charge in [0, 0.05) is 12.7 Å². The van der Waals surface area contributed by atoms with Crippen molar-refractivity contribution in [3.8, 4) is 0 Å². The molecule has 2 heterocycles. The number of aryl methyl sites for hydroxylation is 1. The lowest BCUT2D eigenvalue weighted by Crippen LogP contribution is -2.27. The number of aromatic nitrogens is 4. The van der Waals surface area contributed by atoms with Crippen molar-refractivity contribution >= 4 is 11.6 Å². The zero-order chi connectivity index (χ0) is 14.5. The van der Waals surface area contributed by atoms with Crippen LogP contribution in [0.5, 0.6) is 0 Å². The van der Waals surface area contributed by atoms with Gasteiger partial charge in [-0.3, -0.25) is 24.3 Å². The quantitative estimate of drug-likeness (QED) is 0.605. The second-order valence-corrected chi connectivity index (χ2v) is 4.09. The predicted molar refractivity (Wildman–Crippen MR) is 68.6 cm³/mol. The Morgan fingerprint density at radius 1 is 1.50 bits per heavy atom. The van der Waals surface area contributed by atoms with Crippen LogP contribution in [0.4, 0.5) is 5.69 Å². The molecule has 0 fully saturated rings. The van der Waals surface area contributed by atoms with E-state index in [1.807, 2.05) is 19.2 Å². The summed E-state index contributed by atoms with van der Waals surface area (Å²) in [4.78, 5) is 21.6. The molecule has 2 rings (SSSR count). The Kier molecular flexibility index (Phi) is 4.08. The number of nitrogens with zero attached hydrogens (tertiary/aromatic N) is 5. The SMILES string of the molecule is CCn1ccc(CNC(=O)Cn2cc([N+](=O)[O-])cn2)n1. The molecule has 106 valence electrons. The van der Waals surface area contributed by atoms with Crippen molar-refractivity contribution in [2.24, 2.45) is 0 Å². The van der Waals surface area contributed by atoms with E-state index in [1.54, 1.807) is 4.68 Å².